The van der Waals surface area contributed by atoms with E-state index in [9.17, 15) is 4.79 Å². The van der Waals surface area contributed by atoms with Gasteiger partial charge < -0.3 is 19.1 Å². The minimum atomic E-state index is 0.237. The van der Waals surface area contributed by atoms with Gasteiger partial charge in [-0.1, -0.05) is 15.9 Å². The Morgan fingerprint density at radius 2 is 1.79 bits per heavy atom. The normalized spacial score (nSPS) is 19.4. The lowest BCUT2D eigenvalue weighted by Crippen LogP contribution is -2.29. The van der Waals surface area contributed by atoms with Gasteiger partial charge in [0.25, 0.3) is 0 Å². The molecular weight excluding hydrogens is 314 g/mol. The second-order valence-corrected chi connectivity index (χ2v) is 5.13. The number of carbonyl (C=O) groups is 1. The molecule has 0 aromatic carbocycles. The van der Waals surface area contributed by atoms with Crippen molar-refractivity contribution < 1.29 is 19.0 Å². The Labute approximate surface area is 123 Å². The van der Waals surface area contributed by atoms with Crippen LogP contribution in [0.4, 0.5) is 0 Å². The fourth-order valence-corrected chi connectivity index (χ4v) is 2.37. The lowest BCUT2D eigenvalue weighted by molar-refractivity contribution is -0.128. The summed E-state index contributed by atoms with van der Waals surface area (Å²) in [4.78, 5) is 13.5. The topological polar surface area (TPSA) is 48.0 Å². The van der Waals surface area contributed by atoms with E-state index in [1.807, 2.05) is 11.8 Å². The Morgan fingerprint density at radius 1 is 1.16 bits per heavy atom. The first-order valence-corrected chi connectivity index (χ1v) is 7.97. The molecule has 1 amide bonds. The molecule has 1 fully saturated rings. The molecule has 1 aliphatic rings. The number of ether oxygens (including phenoxy) is 3. The van der Waals surface area contributed by atoms with Crippen LogP contribution in [-0.4, -0.2) is 68.9 Å². The molecule has 0 aliphatic carbocycles. The summed E-state index contributed by atoms with van der Waals surface area (Å²) in [7, 11) is 0. The second kappa shape index (κ2) is 10.6. The number of hydrogen-bond acceptors (Lipinski definition) is 4. The van der Waals surface area contributed by atoms with Crippen LogP contribution in [0.25, 0.3) is 0 Å². The maximum atomic E-state index is 11.6. The molecule has 0 N–H and O–H groups in total. The quantitative estimate of drug-likeness (QED) is 0.421. The lowest BCUT2D eigenvalue weighted by Gasteiger charge is -2.16. The Morgan fingerprint density at radius 3 is 2.37 bits per heavy atom. The number of hydrogen-bond donors (Lipinski definition) is 0. The van der Waals surface area contributed by atoms with E-state index < -0.39 is 0 Å². The van der Waals surface area contributed by atoms with E-state index in [2.05, 4.69) is 15.9 Å². The highest BCUT2D eigenvalue weighted by Crippen LogP contribution is 2.18. The first-order chi connectivity index (χ1) is 9.27. The van der Waals surface area contributed by atoms with Crippen molar-refractivity contribution >= 4 is 21.8 Å². The van der Waals surface area contributed by atoms with E-state index in [0.717, 1.165) is 18.5 Å². The van der Waals surface area contributed by atoms with Crippen molar-refractivity contribution in [3.8, 4) is 0 Å². The predicted molar refractivity (Wildman–Crippen MR) is 76.6 cm³/mol. The molecule has 0 radical (unpaired) electrons. The standard InChI is InChI=1S/C13H24BrNO4/c1-2-17-5-6-19-8-7-18-4-3-15-11-12(10-14)9-13(15)16/h12H,2-11H2,1H3. The van der Waals surface area contributed by atoms with Gasteiger partial charge in [-0.3, -0.25) is 4.79 Å². The molecule has 112 valence electrons. The molecule has 0 spiro atoms. The van der Waals surface area contributed by atoms with Crippen LogP contribution in [0.2, 0.25) is 0 Å². The SMILES string of the molecule is CCOCCOCCOCCN1CC(CBr)CC1=O. The molecule has 1 saturated heterocycles. The largest absolute Gasteiger partial charge is 0.379 e. The fraction of sp³-hybridized carbons (Fsp3) is 0.923. The van der Waals surface area contributed by atoms with Crippen LogP contribution in [0.1, 0.15) is 13.3 Å². The van der Waals surface area contributed by atoms with Gasteiger partial charge in [-0.2, -0.15) is 0 Å². The zero-order valence-corrected chi connectivity index (χ0v) is 13.2. The first-order valence-electron chi connectivity index (χ1n) is 6.84. The van der Waals surface area contributed by atoms with E-state index >= 15 is 0 Å². The van der Waals surface area contributed by atoms with Crippen LogP contribution in [0.3, 0.4) is 0 Å². The molecule has 5 nitrogen and oxygen atoms in total. The summed E-state index contributed by atoms with van der Waals surface area (Å²) in [5.74, 6) is 0.690. The molecule has 0 aromatic rings. The van der Waals surface area contributed by atoms with Gasteiger partial charge >= 0.3 is 0 Å². The summed E-state index contributed by atoms with van der Waals surface area (Å²) >= 11 is 3.42. The number of carbonyl (C=O) groups excluding carboxylic acids is 1. The average molecular weight is 338 g/mol. The minimum absolute atomic E-state index is 0.237. The molecule has 1 atom stereocenters. The summed E-state index contributed by atoms with van der Waals surface area (Å²) in [6.07, 6.45) is 0.659. The predicted octanol–water partition coefficient (Wildman–Crippen LogP) is 1.30. The lowest BCUT2D eigenvalue weighted by atomic mass is 10.2. The molecule has 0 saturated carbocycles. The van der Waals surface area contributed by atoms with Gasteiger partial charge in [0.15, 0.2) is 0 Å². The van der Waals surface area contributed by atoms with Crippen molar-refractivity contribution in [2.45, 2.75) is 13.3 Å². The maximum absolute atomic E-state index is 11.6. The number of likely N-dealkylation sites (tertiary alicyclic amines) is 1. The Hall–Kier alpha value is -0.170. The highest BCUT2D eigenvalue weighted by atomic mass is 79.9. The molecule has 1 rings (SSSR count). The van der Waals surface area contributed by atoms with Crippen molar-refractivity contribution in [3.05, 3.63) is 0 Å². The molecule has 1 unspecified atom stereocenters. The van der Waals surface area contributed by atoms with Gasteiger partial charge in [-0.05, 0) is 12.8 Å². The van der Waals surface area contributed by atoms with E-state index in [1.54, 1.807) is 0 Å². The van der Waals surface area contributed by atoms with E-state index in [-0.39, 0.29) is 5.91 Å². The third-order valence-electron chi connectivity index (χ3n) is 2.97. The molecule has 1 aliphatic heterocycles. The molecule has 0 aromatic heterocycles. The monoisotopic (exact) mass is 337 g/mol. The van der Waals surface area contributed by atoms with Gasteiger partial charge in [0.05, 0.1) is 33.0 Å². The van der Waals surface area contributed by atoms with Crippen LogP contribution < -0.4 is 0 Å². The van der Waals surface area contributed by atoms with E-state index in [4.69, 9.17) is 14.2 Å². The summed E-state index contributed by atoms with van der Waals surface area (Å²) in [5, 5.41) is 0.893. The molecular formula is C13H24BrNO4. The van der Waals surface area contributed by atoms with Gasteiger partial charge in [0, 0.05) is 31.4 Å². The van der Waals surface area contributed by atoms with Crippen molar-refractivity contribution in [2.24, 2.45) is 5.92 Å². The molecule has 6 heteroatoms. The summed E-state index contributed by atoms with van der Waals surface area (Å²) in [6.45, 7) is 7.17. The van der Waals surface area contributed by atoms with Crippen LogP contribution in [0, 0.1) is 5.92 Å². The smallest absolute Gasteiger partial charge is 0.223 e. The van der Waals surface area contributed by atoms with E-state index in [1.165, 1.54) is 0 Å². The highest BCUT2D eigenvalue weighted by Gasteiger charge is 2.28. The zero-order chi connectivity index (χ0) is 13.9. The Bertz CT molecular complexity index is 253. The van der Waals surface area contributed by atoms with Crippen LogP contribution in [-0.2, 0) is 19.0 Å². The van der Waals surface area contributed by atoms with Gasteiger partial charge in [-0.25, -0.2) is 0 Å². The summed E-state index contributed by atoms with van der Waals surface area (Å²) in [5.41, 5.74) is 0. The second-order valence-electron chi connectivity index (χ2n) is 4.49. The van der Waals surface area contributed by atoms with E-state index in [0.29, 0.717) is 51.9 Å². The molecule has 0 bridgehead atoms. The first kappa shape index (κ1) is 16.9. The number of alkyl halides is 1. The number of amides is 1. The van der Waals surface area contributed by atoms with Gasteiger partial charge in [0.1, 0.15) is 0 Å². The average Bonchev–Trinajstić information content (AvgIpc) is 2.78. The van der Waals surface area contributed by atoms with Crippen molar-refractivity contribution in [3.63, 3.8) is 0 Å². The molecule has 1 heterocycles. The number of rotatable bonds is 11. The van der Waals surface area contributed by atoms with Crippen molar-refractivity contribution in [1.82, 2.24) is 4.90 Å². The highest BCUT2D eigenvalue weighted by molar-refractivity contribution is 9.09. The third kappa shape index (κ3) is 7.25. The number of halogens is 1. The third-order valence-corrected chi connectivity index (χ3v) is 3.88. The summed E-state index contributed by atoms with van der Waals surface area (Å²) < 4.78 is 15.9. The van der Waals surface area contributed by atoms with Crippen LogP contribution in [0.15, 0.2) is 0 Å². The number of nitrogens with zero attached hydrogens (tertiary/aromatic N) is 1. The van der Waals surface area contributed by atoms with Crippen LogP contribution >= 0.6 is 15.9 Å². The van der Waals surface area contributed by atoms with Crippen molar-refractivity contribution in [1.29, 1.82) is 0 Å². The van der Waals surface area contributed by atoms with Crippen molar-refractivity contribution in [2.75, 3.05) is 58.1 Å². The minimum Gasteiger partial charge on any atom is -0.379 e. The van der Waals surface area contributed by atoms with Gasteiger partial charge in [-0.15, -0.1) is 0 Å². The summed E-state index contributed by atoms with van der Waals surface area (Å²) in [6, 6.07) is 0. The Kier molecular flexibility index (Phi) is 9.42. The zero-order valence-electron chi connectivity index (χ0n) is 11.6. The molecule has 19 heavy (non-hydrogen) atoms. The fourth-order valence-electron chi connectivity index (χ4n) is 1.93. The Balaban J connectivity index is 1.90. The van der Waals surface area contributed by atoms with Crippen LogP contribution in [0.5, 0.6) is 0 Å². The van der Waals surface area contributed by atoms with Gasteiger partial charge in [0.2, 0.25) is 5.91 Å². The maximum Gasteiger partial charge on any atom is 0.223 e.